The number of rotatable bonds is 6. The van der Waals surface area contributed by atoms with Crippen molar-refractivity contribution in [2.24, 2.45) is 5.92 Å². The van der Waals surface area contributed by atoms with Crippen molar-refractivity contribution in [2.75, 3.05) is 56.2 Å². The minimum atomic E-state index is -2.83. The number of nitrogens with zero attached hydrogens (tertiary/aromatic N) is 6. The SMILES string of the molecule is O=C(O)N1CCC(CNc2nc(N3CCOCC3)cc(-n3c(C(F)F)nc4ccccc43)n2)C(F)C1. The van der Waals surface area contributed by atoms with Crippen LogP contribution >= 0.6 is 0 Å². The van der Waals surface area contributed by atoms with Crippen LogP contribution in [-0.2, 0) is 4.74 Å². The molecular formula is C23H26F3N7O3. The molecular weight excluding hydrogens is 479 g/mol. The van der Waals surface area contributed by atoms with Gasteiger partial charge >= 0.3 is 6.09 Å². The van der Waals surface area contributed by atoms with E-state index in [1.807, 2.05) is 4.90 Å². The Morgan fingerprint density at radius 1 is 1.14 bits per heavy atom. The summed E-state index contributed by atoms with van der Waals surface area (Å²) in [5, 5.41) is 12.2. The lowest BCUT2D eigenvalue weighted by atomic mass is 9.95. The molecule has 3 aromatic rings. The Morgan fingerprint density at radius 3 is 2.61 bits per heavy atom. The van der Waals surface area contributed by atoms with Gasteiger partial charge in [0.2, 0.25) is 5.95 Å². The fourth-order valence-electron chi connectivity index (χ4n) is 4.58. The number of benzene rings is 1. The number of alkyl halides is 3. The first-order valence-corrected chi connectivity index (χ1v) is 11.7. The van der Waals surface area contributed by atoms with Gasteiger partial charge in [0.05, 0.1) is 30.8 Å². The molecule has 1 aromatic carbocycles. The lowest BCUT2D eigenvalue weighted by Gasteiger charge is -2.33. The van der Waals surface area contributed by atoms with Crippen molar-refractivity contribution in [3.8, 4) is 5.82 Å². The summed E-state index contributed by atoms with van der Waals surface area (Å²) < 4.78 is 49.3. The van der Waals surface area contributed by atoms with Crippen LogP contribution in [0.2, 0.25) is 0 Å². The first-order chi connectivity index (χ1) is 17.4. The van der Waals surface area contributed by atoms with Gasteiger partial charge in [-0.1, -0.05) is 12.1 Å². The van der Waals surface area contributed by atoms with Crippen molar-refractivity contribution in [3.63, 3.8) is 0 Å². The summed E-state index contributed by atoms with van der Waals surface area (Å²) in [6.45, 7) is 2.37. The summed E-state index contributed by atoms with van der Waals surface area (Å²) in [7, 11) is 0. The molecule has 0 spiro atoms. The number of carbonyl (C=O) groups is 1. The number of para-hydroxylation sites is 2. The summed E-state index contributed by atoms with van der Waals surface area (Å²) in [6, 6.07) is 8.46. The van der Waals surface area contributed by atoms with E-state index in [-0.39, 0.29) is 31.4 Å². The zero-order valence-corrected chi connectivity index (χ0v) is 19.4. The lowest BCUT2D eigenvalue weighted by Crippen LogP contribution is -2.46. The molecule has 2 atom stereocenters. The number of ether oxygens (including phenoxy) is 1. The van der Waals surface area contributed by atoms with Crippen molar-refractivity contribution < 1.29 is 27.8 Å². The van der Waals surface area contributed by atoms with E-state index in [0.29, 0.717) is 49.6 Å². The van der Waals surface area contributed by atoms with Gasteiger partial charge < -0.3 is 25.0 Å². The molecule has 0 aliphatic carbocycles. The number of carboxylic acid groups (broad SMARTS) is 1. The Hall–Kier alpha value is -3.61. The first kappa shape index (κ1) is 24.1. The molecule has 192 valence electrons. The van der Waals surface area contributed by atoms with E-state index in [9.17, 15) is 18.0 Å². The lowest BCUT2D eigenvalue weighted by molar-refractivity contribution is 0.0798. The van der Waals surface area contributed by atoms with Gasteiger partial charge in [-0.25, -0.2) is 22.9 Å². The summed E-state index contributed by atoms with van der Waals surface area (Å²) >= 11 is 0. The largest absolute Gasteiger partial charge is 0.465 e. The number of halogens is 3. The van der Waals surface area contributed by atoms with Gasteiger partial charge in [0.1, 0.15) is 17.8 Å². The van der Waals surface area contributed by atoms with Crippen LogP contribution < -0.4 is 10.2 Å². The second-order valence-corrected chi connectivity index (χ2v) is 8.78. The van der Waals surface area contributed by atoms with Gasteiger partial charge in [0, 0.05) is 38.2 Å². The number of hydrogen-bond donors (Lipinski definition) is 2. The maximum Gasteiger partial charge on any atom is 0.407 e. The normalized spacial score (nSPS) is 20.8. The van der Waals surface area contributed by atoms with Crippen LogP contribution in [0.3, 0.4) is 0 Å². The number of amides is 1. The van der Waals surface area contributed by atoms with Gasteiger partial charge in [0.25, 0.3) is 6.43 Å². The maximum absolute atomic E-state index is 14.6. The molecule has 1 amide bonds. The highest BCUT2D eigenvalue weighted by molar-refractivity contribution is 5.78. The van der Waals surface area contributed by atoms with Crippen molar-refractivity contribution >= 4 is 28.9 Å². The van der Waals surface area contributed by atoms with E-state index in [4.69, 9.17) is 9.84 Å². The second-order valence-electron chi connectivity index (χ2n) is 8.78. The van der Waals surface area contributed by atoms with Crippen LogP contribution in [0.4, 0.5) is 29.7 Å². The van der Waals surface area contributed by atoms with Crippen molar-refractivity contribution in [1.82, 2.24) is 24.4 Å². The standard InChI is InChI=1S/C23H26F3N7O3/c24-15-13-32(23(34)35)6-5-14(15)12-27-22-29-18(31-7-9-36-10-8-31)11-19(30-22)33-17-4-2-1-3-16(17)28-21(33)20(25)26/h1-4,11,14-15,20H,5-10,12-13H2,(H,34,35)(H,27,29,30). The molecule has 2 N–H and O–H groups in total. The van der Waals surface area contributed by atoms with Gasteiger partial charge in [-0.2, -0.15) is 9.97 Å². The quantitative estimate of drug-likeness (QED) is 0.525. The third-order valence-corrected chi connectivity index (χ3v) is 6.51. The Balaban J connectivity index is 1.48. The highest BCUT2D eigenvalue weighted by Crippen LogP contribution is 2.29. The van der Waals surface area contributed by atoms with E-state index in [1.165, 1.54) is 4.57 Å². The summed E-state index contributed by atoms with van der Waals surface area (Å²) in [6.07, 6.45) is -4.97. The van der Waals surface area contributed by atoms with Gasteiger partial charge in [-0.15, -0.1) is 0 Å². The molecule has 0 saturated carbocycles. The molecule has 2 fully saturated rings. The van der Waals surface area contributed by atoms with Crippen LogP contribution in [0, 0.1) is 5.92 Å². The summed E-state index contributed by atoms with van der Waals surface area (Å²) in [5.41, 5.74) is 0.898. The molecule has 2 aliphatic heterocycles. The van der Waals surface area contributed by atoms with Crippen LogP contribution in [0.15, 0.2) is 30.3 Å². The van der Waals surface area contributed by atoms with Crippen LogP contribution in [-0.4, -0.2) is 87.7 Å². The molecule has 5 rings (SSSR count). The molecule has 0 bridgehead atoms. The van der Waals surface area contributed by atoms with E-state index in [1.54, 1.807) is 30.3 Å². The Labute approximate surface area is 204 Å². The molecule has 2 unspecified atom stereocenters. The van der Waals surface area contributed by atoms with E-state index in [0.717, 1.165) is 4.90 Å². The Kier molecular flexibility index (Phi) is 6.81. The fraction of sp³-hybridized carbons (Fsp3) is 0.478. The number of aromatic nitrogens is 4. The van der Waals surface area contributed by atoms with Crippen molar-refractivity contribution in [3.05, 3.63) is 36.2 Å². The summed E-state index contributed by atoms with van der Waals surface area (Å²) in [4.78, 5) is 27.4. The molecule has 36 heavy (non-hydrogen) atoms. The fourth-order valence-corrected chi connectivity index (χ4v) is 4.58. The molecule has 13 heteroatoms. The maximum atomic E-state index is 14.6. The first-order valence-electron chi connectivity index (χ1n) is 11.7. The Bertz CT molecular complexity index is 1230. The van der Waals surface area contributed by atoms with E-state index < -0.39 is 30.4 Å². The highest BCUT2D eigenvalue weighted by atomic mass is 19.3. The van der Waals surface area contributed by atoms with Crippen molar-refractivity contribution in [1.29, 1.82) is 0 Å². The van der Waals surface area contributed by atoms with Gasteiger partial charge in [-0.3, -0.25) is 4.57 Å². The average molecular weight is 506 g/mol. The zero-order valence-electron chi connectivity index (χ0n) is 19.4. The predicted octanol–water partition coefficient (Wildman–Crippen LogP) is 3.34. The molecule has 2 aliphatic rings. The van der Waals surface area contributed by atoms with E-state index in [2.05, 4.69) is 20.3 Å². The number of hydrogen-bond acceptors (Lipinski definition) is 7. The smallest absolute Gasteiger partial charge is 0.407 e. The number of anilines is 2. The second kappa shape index (κ2) is 10.2. The Morgan fingerprint density at radius 2 is 1.89 bits per heavy atom. The molecule has 4 heterocycles. The van der Waals surface area contributed by atoms with Crippen molar-refractivity contribution in [2.45, 2.75) is 19.0 Å². The number of imidazole rings is 1. The minimum absolute atomic E-state index is 0.167. The van der Waals surface area contributed by atoms with E-state index >= 15 is 0 Å². The highest BCUT2D eigenvalue weighted by Gasteiger charge is 2.31. The molecule has 10 nitrogen and oxygen atoms in total. The number of nitrogens with one attached hydrogen (secondary N) is 1. The minimum Gasteiger partial charge on any atom is -0.465 e. The molecule has 2 aromatic heterocycles. The number of piperidine rings is 1. The zero-order chi connectivity index (χ0) is 25.2. The topological polar surface area (TPSA) is 109 Å². The molecule has 0 radical (unpaired) electrons. The summed E-state index contributed by atoms with van der Waals surface area (Å²) in [5.74, 6) is 0.0423. The third-order valence-electron chi connectivity index (χ3n) is 6.51. The van der Waals surface area contributed by atoms with Gasteiger partial charge in [0.15, 0.2) is 5.82 Å². The number of likely N-dealkylation sites (tertiary alicyclic amines) is 1. The number of fused-ring (bicyclic) bond motifs is 1. The monoisotopic (exact) mass is 505 g/mol. The third kappa shape index (κ3) is 4.87. The predicted molar refractivity (Wildman–Crippen MR) is 126 cm³/mol. The van der Waals surface area contributed by atoms with Gasteiger partial charge in [-0.05, 0) is 18.6 Å². The van der Waals surface area contributed by atoms with Crippen LogP contribution in [0.5, 0.6) is 0 Å². The average Bonchev–Trinajstić information content (AvgIpc) is 3.28. The van der Waals surface area contributed by atoms with Crippen LogP contribution in [0.25, 0.3) is 16.9 Å². The van der Waals surface area contributed by atoms with Crippen LogP contribution in [0.1, 0.15) is 18.7 Å². The molecule has 2 saturated heterocycles. The number of morpholine rings is 1.